The average molecular weight is 404 g/mol. The van der Waals surface area contributed by atoms with Crippen LogP contribution in [0.4, 0.5) is 0 Å². The van der Waals surface area contributed by atoms with Gasteiger partial charge in [0.05, 0.1) is 28.4 Å². The Hall–Kier alpha value is -3.24. The monoisotopic (exact) mass is 404 g/mol. The predicted molar refractivity (Wildman–Crippen MR) is 115 cm³/mol. The number of Topliss-reactive ketones (excluding diaryl/α,β-unsaturated/α-hetero) is 1. The number of ketones is 1. The number of benzene rings is 2. The number of hydrogen-bond acceptors (Lipinski definition) is 6. The van der Waals surface area contributed by atoms with E-state index >= 15 is 0 Å². The minimum Gasteiger partial charge on any atom is -0.308 e. The van der Waals surface area contributed by atoms with Gasteiger partial charge >= 0.3 is 0 Å². The van der Waals surface area contributed by atoms with Crippen LogP contribution in [0, 0.1) is 36.5 Å². The second-order valence-electron chi connectivity index (χ2n) is 6.79. The number of nitriles is 1. The number of hydrogen-bond donors (Lipinski definition) is 1. The number of thioether (sulfide) groups is 1. The Kier molecular flexibility index (Phi) is 5.95. The molecule has 7 heteroatoms. The van der Waals surface area contributed by atoms with E-state index in [1.807, 2.05) is 44.2 Å². The van der Waals surface area contributed by atoms with Crippen molar-refractivity contribution in [2.24, 2.45) is 5.92 Å². The summed E-state index contributed by atoms with van der Waals surface area (Å²) >= 11 is 1.11. The summed E-state index contributed by atoms with van der Waals surface area (Å²) in [4.78, 5) is 30.4. The summed E-state index contributed by atoms with van der Waals surface area (Å²) in [5.41, 5.74) is 2.94. The van der Waals surface area contributed by atoms with Crippen LogP contribution in [-0.2, 0) is 4.79 Å². The Morgan fingerprint density at radius 3 is 2.48 bits per heavy atom. The highest BCUT2D eigenvalue weighted by Crippen LogP contribution is 2.26. The Bertz CT molecular complexity index is 1200. The lowest BCUT2D eigenvalue weighted by Gasteiger charge is -2.17. The minimum absolute atomic E-state index is 0.0108. The van der Waals surface area contributed by atoms with Gasteiger partial charge in [-0.05, 0) is 44.0 Å². The molecule has 0 fully saturated rings. The summed E-state index contributed by atoms with van der Waals surface area (Å²) in [7, 11) is 0. The highest BCUT2D eigenvalue weighted by molar-refractivity contribution is 7.99. The van der Waals surface area contributed by atoms with Crippen LogP contribution in [0.1, 0.15) is 18.1 Å². The summed E-state index contributed by atoms with van der Waals surface area (Å²) < 4.78 is 1.55. The van der Waals surface area contributed by atoms with Crippen molar-refractivity contribution in [2.45, 2.75) is 25.9 Å². The molecule has 0 unspecified atom stereocenters. The molecule has 1 heterocycles. The Balaban J connectivity index is 2.16. The van der Waals surface area contributed by atoms with Gasteiger partial charge in [-0.25, -0.2) is 4.98 Å². The van der Waals surface area contributed by atoms with Gasteiger partial charge in [0.25, 0.3) is 5.56 Å². The zero-order valence-electron chi connectivity index (χ0n) is 16.4. The van der Waals surface area contributed by atoms with Crippen molar-refractivity contribution in [3.63, 3.8) is 0 Å². The number of para-hydroxylation sites is 2. The molecule has 3 rings (SSSR count). The van der Waals surface area contributed by atoms with Crippen LogP contribution in [0.5, 0.6) is 0 Å². The minimum atomic E-state index is -1.08. The Morgan fingerprint density at radius 1 is 1.21 bits per heavy atom. The third-order valence-electron chi connectivity index (χ3n) is 4.64. The maximum atomic E-state index is 13.3. The number of carbonyl (C=O) groups is 1. The number of rotatable bonds is 6. The van der Waals surface area contributed by atoms with E-state index in [4.69, 9.17) is 10.7 Å². The predicted octanol–water partition coefficient (Wildman–Crippen LogP) is 3.84. The largest absolute Gasteiger partial charge is 0.308 e. The van der Waals surface area contributed by atoms with Crippen LogP contribution in [0.3, 0.4) is 0 Å². The summed E-state index contributed by atoms with van der Waals surface area (Å²) in [5.74, 6) is -1.51. The van der Waals surface area contributed by atoms with Crippen LogP contribution in [0.2, 0.25) is 0 Å². The van der Waals surface area contributed by atoms with Crippen molar-refractivity contribution in [1.82, 2.24) is 9.55 Å². The Morgan fingerprint density at radius 2 is 1.86 bits per heavy atom. The maximum absolute atomic E-state index is 13.3. The zero-order chi connectivity index (χ0) is 21.1. The topological polar surface area (TPSA) is 99.6 Å². The molecule has 6 nitrogen and oxygen atoms in total. The van der Waals surface area contributed by atoms with Gasteiger partial charge in [0.1, 0.15) is 5.92 Å². The van der Waals surface area contributed by atoms with Crippen molar-refractivity contribution in [2.75, 3.05) is 5.75 Å². The molecule has 0 aliphatic heterocycles. The zero-order valence-corrected chi connectivity index (χ0v) is 17.2. The second kappa shape index (κ2) is 8.41. The van der Waals surface area contributed by atoms with Gasteiger partial charge in [-0.3, -0.25) is 14.2 Å². The normalized spacial score (nSPS) is 11.8. The molecule has 3 aromatic rings. The smallest absolute Gasteiger partial charge is 0.266 e. The molecule has 29 heavy (non-hydrogen) atoms. The SMILES string of the molecule is CC(=N)[C@@H](C#N)C(=O)CSc1nc2ccccc2c(=O)n1-c1c(C)cccc1C. The Labute approximate surface area is 172 Å². The molecule has 0 saturated heterocycles. The third kappa shape index (κ3) is 3.98. The summed E-state index contributed by atoms with van der Waals surface area (Å²) in [5, 5.41) is 17.7. The van der Waals surface area contributed by atoms with E-state index in [2.05, 4.69) is 4.98 Å². The molecule has 146 valence electrons. The number of nitrogens with zero attached hydrogens (tertiary/aromatic N) is 3. The lowest BCUT2D eigenvalue weighted by Crippen LogP contribution is -2.25. The molecule has 0 amide bonds. The van der Waals surface area contributed by atoms with Crippen LogP contribution in [-0.4, -0.2) is 26.8 Å². The molecular formula is C22H20N4O2S. The van der Waals surface area contributed by atoms with Gasteiger partial charge in [-0.1, -0.05) is 42.1 Å². The lowest BCUT2D eigenvalue weighted by molar-refractivity contribution is -0.117. The van der Waals surface area contributed by atoms with Crippen molar-refractivity contribution >= 4 is 34.2 Å². The van der Waals surface area contributed by atoms with E-state index in [1.165, 1.54) is 6.92 Å². The number of fused-ring (bicyclic) bond motifs is 1. The van der Waals surface area contributed by atoms with Gasteiger partial charge in [0, 0.05) is 5.71 Å². The van der Waals surface area contributed by atoms with Crippen LogP contribution >= 0.6 is 11.8 Å². The number of carbonyl (C=O) groups excluding carboxylic acids is 1. The first-order chi connectivity index (χ1) is 13.8. The number of aromatic nitrogens is 2. The fourth-order valence-electron chi connectivity index (χ4n) is 3.19. The molecule has 0 saturated carbocycles. The molecule has 0 bridgehead atoms. The summed E-state index contributed by atoms with van der Waals surface area (Å²) in [6, 6.07) is 14.7. The highest BCUT2D eigenvalue weighted by Gasteiger charge is 2.22. The first kappa shape index (κ1) is 20.5. The standard InChI is InChI=1S/C22H20N4O2S/c1-13-7-6-8-14(2)20(13)26-21(28)16-9-4-5-10-18(16)25-22(26)29-12-19(27)17(11-23)15(3)24/h4-10,17,24H,12H2,1-3H3/t17-/m1/s1. The van der Waals surface area contributed by atoms with E-state index in [9.17, 15) is 9.59 Å². The van der Waals surface area contributed by atoms with E-state index in [-0.39, 0.29) is 22.8 Å². The van der Waals surface area contributed by atoms with Gasteiger partial charge in [0.2, 0.25) is 0 Å². The average Bonchev–Trinajstić information content (AvgIpc) is 2.68. The van der Waals surface area contributed by atoms with Crippen molar-refractivity contribution < 1.29 is 4.79 Å². The molecule has 0 aliphatic rings. The molecule has 1 atom stereocenters. The van der Waals surface area contributed by atoms with E-state index in [0.29, 0.717) is 16.1 Å². The summed E-state index contributed by atoms with van der Waals surface area (Å²) in [6.07, 6.45) is 0. The molecule has 0 aliphatic carbocycles. The maximum Gasteiger partial charge on any atom is 0.266 e. The molecule has 1 N–H and O–H groups in total. The second-order valence-corrected chi connectivity index (χ2v) is 7.74. The first-order valence-corrected chi connectivity index (χ1v) is 10.0. The van der Waals surface area contributed by atoms with Crippen molar-refractivity contribution in [1.29, 1.82) is 10.7 Å². The van der Waals surface area contributed by atoms with Gasteiger partial charge in [-0.15, -0.1) is 0 Å². The summed E-state index contributed by atoms with van der Waals surface area (Å²) in [6.45, 7) is 5.29. The lowest BCUT2D eigenvalue weighted by atomic mass is 10.0. The van der Waals surface area contributed by atoms with E-state index in [0.717, 1.165) is 28.6 Å². The third-order valence-corrected chi connectivity index (χ3v) is 5.60. The molecule has 1 aromatic heterocycles. The van der Waals surface area contributed by atoms with Gasteiger partial charge < -0.3 is 5.41 Å². The van der Waals surface area contributed by atoms with Crippen LogP contribution in [0.25, 0.3) is 16.6 Å². The fourth-order valence-corrected chi connectivity index (χ4v) is 4.10. The molecule has 0 radical (unpaired) electrons. The van der Waals surface area contributed by atoms with Gasteiger partial charge in [-0.2, -0.15) is 5.26 Å². The number of aryl methyl sites for hydroxylation is 2. The van der Waals surface area contributed by atoms with Crippen LogP contribution in [0.15, 0.2) is 52.4 Å². The molecular weight excluding hydrogens is 384 g/mol. The van der Waals surface area contributed by atoms with Crippen molar-refractivity contribution in [3.05, 3.63) is 63.9 Å². The number of nitrogens with one attached hydrogen (secondary N) is 1. The molecule has 2 aromatic carbocycles. The van der Waals surface area contributed by atoms with Crippen LogP contribution < -0.4 is 5.56 Å². The molecule has 0 spiro atoms. The highest BCUT2D eigenvalue weighted by atomic mass is 32.2. The van der Waals surface area contributed by atoms with Gasteiger partial charge in [0.15, 0.2) is 10.9 Å². The fraction of sp³-hybridized carbons (Fsp3) is 0.227. The first-order valence-electron chi connectivity index (χ1n) is 9.03. The quantitative estimate of drug-likeness (QED) is 0.382. The van der Waals surface area contributed by atoms with E-state index < -0.39 is 5.92 Å². The van der Waals surface area contributed by atoms with Crippen molar-refractivity contribution in [3.8, 4) is 11.8 Å². The van der Waals surface area contributed by atoms with E-state index in [1.54, 1.807) is 22.8 Å².